The number of hydrogen-bond acceptors (Lipinski definition) is 5. The van der Waals surface area contributed by atoms with Gasteiger partial charge in [-0.1, -0.05) is 30.3 Å². The number of hydrogen-bond donors (Lipinski definition) is 1. The Morgan fingerprint density at radius 3 is 2.79 bits per heavy atom. The van der Waals surface area contributed by atoms with E-state index in [9.17, 15) is 9.59 Å². The van der Waals surface area contributed by atoms with Crippen molar-refractivity contribution in [3.63, 3.8) is 0 Å². The Bertz CT molecular complexity index is 1160. The molecule has 7 heteroatoms. The summed E-state index contributed by atoms with van der Waals surface area (Å²) in [7, 11) is 0. The van der Waals surface area contributed by atoms with Crippen molar-refractivity contribution in [2.45, 2.75) is 13.1 Å². The summed E-state index contributed by atoms with van der Waals surface area (Å²) in [5, 5.41) is 1.83. The van der Waals surface area contributed by atoms with Crippen LogP contribution in [-0.4, -0.2) is 20.8 Å². The number of aromatic amines is 1. The number of nitrogens with zero attached hydrogens (tertiary/aromatic N) is 2. The van der Waals surface area contributed by atoms with Crippen molar-refractivity contribution in [2.24, 2.45) is 0 Å². The van der Waals surface area contributed by atoms with Crippen molar-refractivity contribution < 1.29 is 9.21 Å². The lowest BCUT2D eigenvalue weighted by Crippen LogP contribution is -2.30. The third-order valence-electron chi connectivity index (χ3n) is 4.17. The van der Waals surface area contributed by atoms with Crippen molar-refractivity contribution in [3.05, 3.63) is 93.8 Å². The van der Waals surface area contributed by atoms with Crippen molar-refractivity contribution in [1.29, 1.82) is 0 Å². The summed E-state index contributed by atoms with van der Waals surface area (Å²) >= 11 is 1.35. The van der Waals surface area contributed by atoms with Crippen molar-refractivity contribution in [2.75, 3.05) is 0 Å². The van der Waals surface area contributed by atoms with Crippen LogP contribution in [0.15, 0.2) is 75.5 Å². The molecule has 1 N–H and O–H groups in total. The molecule has 140 valence electrons. The number of thiophene rings is 1. The molecule has 1 amide bonds. The number of benzene rings is 1. The van der Waals surface area contributed by atoms with Crippen LogP contribution in [0.1, 0.15) is 17.1 Å². The molecule has 0 unspecified atom stereocenters. The number of aromatic nitrogens is 2. The highest BCUT2D eigenvalue weighted by molar-refractivity contribution is 7.17. The van der Waals surface area contributed by atoms with Gasteiger partial charge in [0, 0.05) is 12.6 Å². The maximum atomic E-state index is 12.8. The molecule has 28 heavy (non-hydrogen) atoms. The van der Waals surface area contributed by atoms with E-state index in [4.69, 9.17) is 4.42 Å². The zero-order valence-corrected chi connectivity index (χ0v) is 15.7. The molecule has 1 aromatic carbocycles. The van der Waals surface area contributed by atoms with Gasteiger partial charge >= 0.3 is 0 Å². The smallest absolute Gasteiger partial charge is 0.268 e. The van der Waals surface area contributed by atoms with Gasteiger partial charge in [0.2, 0.25) is 5.91 Å². The SMILES string of the molecule is O=C(/C=C/c1ccco1)N(Cc1ccccc1)Cc1nc2ccsc2c(=O)[nH]1. The Morgan fingerprint density at radius 1 is 1.14 bits per heavy atom. The molecule has 0 aliphatic carbocycles. The van der Waals surface area contributed by atoms with E-state index in [1.54, 1.807) is 35.4 Å². The fourth-order valence-electron chi connectivity index (χ4n) is 2.84. The van der Waals surface area contributed by atoms with E-state index in [2.05, 4.69) is 9.97 Å². The van der Waals surface area contributed by atoms with Gasteiger partial charge in [-0.05, 0) is 35.2 Å². The second kappa shape index (κ2) is 8.06. The fourth-order valence-corrected chi connectivity index (χ4v) is 3.56. The summed E-state index contributed by atoms with van der Waals surface area (Å²) in [5.74, 6) is 0.846. The van der Waals surface area contributed by atoms with Crippen LogP contribution >= 0.6 is 11.3 Å². The number of amides is 1. The molecule has 4 rings (SSSR count). The molecule has 0 saturated heterocycles. The first-order chi connectivity index (χ1) is 13.7. The van der Waals surface area contributed by atoms with E-state index in [1.807, 2.05) is 35.7 Å². The summed E-state index contributed by atoms with van der Waals surface area (Å²) in [6, 6.07) is 15.0. The average Bonchev–Trinajstić information content (AvgIpc) is 3.38. The molecule has 0 bridgehead atoms. The lowest BCUT2D eigenvalue weighted by Gasteiger charge is -2.21. The standard InChI is InChI=1S/C21H17N3O3S/c25-19(9-8-16-7-4-11-27-16)24(13-15-5-2-1-3-6-15)14-18-22-17-10-12-28-20(17)21(26)23-18/h1-12H,13-14H2,(H,22,23,26)/b9-8+. The predicted octanol–water partition coefficient (Wildman–Crippen LogP) is 3.82. The normalized spacial score (nSPS) is 11.3. The summed E-state index contributed by atoms with van der Waals surface area (Å²) in [5.41, 5.74) is 1.44. The molecular formula is C21H17N3O3S. The highest BCUT2D eigenvalue weighted by Gasteiger charge is 2.15. The van der Waals surface area contributed by atoms with Gasteiger partial charge < -0.3 is 14.3 Å². The van der Waals surface area contributed by atoms with Crippen LogP contribution in [0.4, 0.5) is 0 Å². The van der Waals surface area contributed by atoms with Gasteiger partial charge in [-0.25, -0.2) is 4.98 Å². The highest BCUT2D eigenvalue weighted by Crippen LogP contribution is 2.15. The van der Waals surface area contributed by atoms with E-state index in [0.717, 1.165) is 5.56 Å². The molecule has 0 fully saturated rings. The molecule has 0 spiro atoms. The molecule has 3 aromatic heterocycles. The Hall–Kier alpha value is -3.45. The van der Waals surface area contributed by atoms with Crippen LogP contribution < -0.4 is 5.56 Å². The molecule has 0 saturated carbocycles. The third-order valence-corrected chi connectivity index (χ3v) is 5.07. The van der Waals surface area contributed by atoms with Crippen LogP contribution in [0, 0.1) is 0 Å². The van der Waals surface area contributed by atoms with E-state index >= 15 is 0 Å². The third kappa shape index (κ3) is 4.10. The van der Waals surface area contributed by atoms with Crippen LogP contribution in [-0.2, 0) is 17.9 Å². The Labute approximate surface area is 164 Å². The topological polar surface area (TPSA) is 79.2 Å². The molecule has 0 radical (unpaired) electrons. The highest BCUT2D eigenvalue weighted by atomic mass is 32.1. The maximum absolute atomic E-state index is 12.8. The number of carbonyl (C=O) groups is 1. The number of rotatable bonds is 6. The molecule has 6 nitrogen and oxygen atoms in total. The first kappa shape index (κ1) is 17.9. The van der Waals surface area contributed by atoms with Gasteiger partial charge in [0.05, 0.1) is 18.3 Å². The van der Waals surface area contributed by atoms with E-state index in [0.29, 0.717) is 28.3 Å². The number of fused-ring (bicyclic) bond motifs is 1. The molecular weight excluding hydrogens is 374 g/mol. The van der Waals surface area contributed by atoms with Gasteiger partial charge in [-0.3, -0.25) is 9.59 Å². The fraction of sp³-hybridized carbons (Fsp3) is 0.0952. The zero-order chi connectivity index (χ0) is 19.3. The minimum absolute atomic E-state index is 0.187. The number of nitrogens with one attached hydrogen (secondary N) is 1. The molecule has 0 aliphatic heterocycles. The quantitative estimate of drug-likeness (QED) is 0.507. The number of H-pyrrole nitrogens is 1. The van der Waals surface area contributed by atoms with Gasteiger partial charge in [0.1, 0.15) is 16.3 Å². The van der Waals surface area contributed by atoms with Crippen molar-refractivity contribution in [3.8, 4) is 0 Å². The van der Waals surface area contributed by atoms with E-state index < -0.39 is 0 Å². The molecule has 4 aromatic rings. The lowest BCUT2D eigenvalue weighted by molar-refractivity contribution is -0.127. The van der Waals surface area contributed by atoms with E-state index in [1.165, 1.54) is 17.4 Å². The maximum Gasteiger partial charge on any atom is 0.268 e. The number of furan rings is 1. The monoisotopic (exact) mass is 391 g/mol. The van der Waals surface area contributed by atoms with Crippen molar-refractivity contribution in [1.82, 2.24) is 14.9 Å². The van der Waals surface area contributed by atoms with Gasteiger partial charge in [0.25, 0.3) is 5.56 Å². The Morgan fingerprint density at radius 2 is 2.00 bits per heavy atom. The average molecular weight is 391 g/mol. The van der Waals surface area contributed by atoms with Crippen LogP contribution in [0.3, 0.4) is 0 Å². The molecule has 0 aliphatic rings. The van der Waals surface area contributed by atoms with Gasteiger partial charge in [0.15, 0.2) is 0 Å². The number of carbonyl (C=O) groups excluding carboxylic acids is 1. The van der Waals surface area contributed by atoms with E-state index in [-0.39, 0.29) is 18.0 Å². The minimum atomic E-state index is -0.201. The minimum Gasteiger partial charge on any atom is -0.465 e. The van der Waals surface area contributed by atoms with Crippen molar-refractivity contribution >= 4 is 33.5 Å². The molecule has 3 heterocycles. The molecule has 0 atom stereocenters. The Balaban J connectivity index is 1.61. The predicted molar refractivity (Wildman–Crippen MR) is 109 cm³/mol. The first-order valence-corrected chi connectivity index (χ1v) is 9.58. The first-order valence-electron chi connectivity index (χ1n) is 8.70. The summed E-state index contributed by atoms with van der Waals surface area (Å²) in [6.07, 6.45) is 4.64. The summed E-state index contributed by atoms with van der Waals surface area (Å²) in [4.78, 5) is 34.0. The summed E-state index contributed by atoms with van der Waals surface area (Å²) < 4.78 is 5.82. The Kier molecular flexibility index (Phi) is 5.16. The van der Waals surface area contributed by atoms with Crippen LogP contribution in [0.25, 0.3) is 16.3 Å². The zero-order valence-electron chi connectivity index (χ0n) is 14.9. The summed E-state index contributed by atoms with van der Waals surface area (Å²) in [6.45, 7) is 0.588. The van der Waals surface area contributed by atoms with Crippen LogP contribution in [0.5, 0.6) is 0 Å². The largest absolute Gasteiger partial charge is 0.465 e. The lowest BCUT2D eigenvalue weighted by atomic mass is 10.2. The van der Waals surface area contributed by atoms with Gasteiger partial charge in [-0.15, -0.1) is 11.3 Å². The second-order valence-corrected chi connectivity index (χ2v) is 7.09. The van der Waals surface area contributed by atoms with Crippen LogP contribution in [0.2, 0.25) is 0 Å². The second-order valence-electron chi connectivity index (χ2n) is 6.18. The van der Waals surface area contributed by atoms with Gasteiger partial charge in [-0.2, -0.15) is 0 Å².